The summed E-state index contributed by atoms with van der Waals surface area (Å²) in [5, 5.41) is -0.201. The van der Waals surface area contributed by atoms with Crippen molar-refractivity contribution in [3.05, 3.63) is 28.0 Å². The molecule has 1 aromatic rings. The minimum Gasteiger partial charge on any atom is -0.465 e. The molecule has 1 aromatic heterocycles. The molecule has 0 bridgehead atoms. The number of carbonyl (C=O) groups is 1. The minimum absolute atomic E-state index is 0.0498. The van der Waals surface area contributed by atoms with Crippen LogP contribution in [0.5, 0.6) is 0 Å². The average molecular weight is 251 g/mol. The number of aromatic nitrogens is 1. The fourth-order valence-corrected chi connectivity index (χ4v) is 1.45. The van der Waals surface area contributed by atoms with Crippen LogP contribution in [0.4, 0.5) is 8.78 Å². The van der Waals surface area contributed by atoms with Crippen molar-refractivity contribution in [2.24, 2.45) is 5.73 Å². The molecule has 0 saturated carbocycles. The molecule has 4 nitrogen and oxygen atoms in total. The van der Waals surface area contributed by atoms with E-state index in [1.807, 2.05) is 0 Å². The van der Waals surface area contributed by atoms with E-state index in [4.69, 9.17) is 17.3 Å². The van der Waals surface area contributed by atoms with Gasteiger partial charge in [-0.3, -0.25) is 0 Å². The lowest BCUT2D eigenvalue weighted by Crippen LogP contribution is -2.14. The molecule has 0 aromatic carbocycles. The zero-order valence-electron chi connectivity index (χ0n) is 8.34. The predicted molar refractivity (Wildman–Crippen MR) is 53.4 cm³/mol. The van der Waals surface area contributed by atoms with Gasteiger partial charge in [-0.25, -0.2) is 18.6 Å². The highest BCUT2D eigenvalue weighted by molar-refractivity contribution is 6.29. The highest BCUT2D eigenvalue weighted by Gasteiger charge is 2.22. The Morgan fingerprint density at radius 1 is 1.69 bits per heavy atom. The maximum Gasteiger partial charge on any atom is 0.338 e. The Morgan fingerprint density at radius 2 is 2.31 bits per heavy atom. The SMILES string of the molecule is COC(=O)c1cc(Cl)nc(C(F)F)c1CN. The van der Waals surface area contributed by atoms with Crippen LogP contribution in [0.2, 0.25) is 5.15 Å². The maximum absolute atomic E-state index is 12.6. The summed E-state index contributed by atoms with van der Waals surface area (Å²) < 4.78 is 29.7. The third kappa shape index (κ3) is 2.45. The van der Waals surface area contributed by atoms with Gasteiger partial charge in [-0.2, -0.15) is 0 Å². The Kier molecular flexibility index (Phi) is 4.14. The van der Waals surface area contributed by atoms with Crippen LogP contribution in [0.25, 0.3) is 0 Å². The van der Waals surface area contributed by atoms with Crippen molar-refractivity contribution in [1.29, 1.82) is 0 Å². The predicted octanol–water partition coefficient (Wildman–Crippen LogP) is 1.92. The number of pyridine rings is 1. The van der Waals surface area contributed by atoms with Crippen molar-refractivity contribution < 1.29 is 18.3 Å². The number of ether oxygens (including phenoxy) is 1. The van der Waals surface area contributed by atoms with Crippen molar-refractivity contribution in [2.45, 2.75) is 13.0 Å². The van der Waals surface area contributed by atoms with Crippen LogP contribution in [-0.2, 0) is 11.3 Å². The van der Waals surface area contributed by atoms with E-state index < -0.39 is 18.1 Å². The molecule has 0 spiro atoms. The Morgan fingerprint density at radius 3 is 2.75 bits per heavy atom. The molecule has 2 N–H and O–H groups in total. The Labute approximate surface area is 95.4 Å². The van der Waals surface area contributed by atoms with Crippen LogP contribution in [0, 0.1) is 0 Å². The molecule has 0 aliphatic heterocycles. The van der Waals surface area contributed by atoms with Crippen LogP contribution < -0.4 is 5.73 Å². The molecule has 0 atom stereocenters. The lowest BCUT2D eigenvalue weighted by Gasteiger charge is -2.11. The molecule has 0 amide bonds. The summed E-state index contributed by atoms with van der Waals surface area (Å²) in [6.07, 6.45) is -2.85. The summed E-state index contributed by atoms with van der Waals surface area (Å²) >= 11 is 5.53. The van der Waals surface area contributed by atoms with Crippen LogP contribution >= 0.6 is 11.6 Å². The summed E-state index contributed by atoms with van der Waals surface area (Å²) in [6.45, 7) is -0.242. The first-order chi connectivity index (χ1) is 7.51. The first-order valence-electron chi connectivity index (χ1n) is 4.27. The monoisotopic (exact) mass is 250 g/mol. The Bertz CT molecular complexity index is 413. The van der Waals surface area contributed by atoms with E-state index >= 15 is 0 Å². The van der Waals surface area contributed by atoms with E-state index in [-0.39, 0.29) is 22.8 Å². The van der Waals surface area contributed by atoms with Gasteiger partial charge in [0.15, 0.2) is 0 Å². The summed E-state index contributed by atoms with van der Waals surface area (Å²) in [5.41, 5.74) is 4.59. The molecular weight excluding hydrogens is 242 g/mol. The Hall–Kier alpha value is -1.27. The Balaban J connectivity index is 3.41. The topological polar surface area (TPSA) is 65.2 Å². The van der Waals surface area contributed by atoms with E-state index in [1.165, 1.54) is 0 Å². The molecule has 7 heteroatoms. The number of nitrogens with zero attached hydrogens (tertiary/aromatic N) is 1. The number of esters is 1. The number of hydrogen-bond donors (Lipinski definition) is 1. The van der Waals surface area contributed by atoms with E-state index in [2.05, 4.69) is 9.72 Å². The summed E-state index contributed by atoms with van der Waals surface area (Å²) in [5.74, 6) is -0.772. The number of methoxy groups -OCH3 is 1. The summed E-state index contributed by atoms with van der Waals surface area (Å²) in [4.78, 5) is 14.8. The molecule has 0 fully saturated rings. The van der Waals surface area contributed by atoms with Crippen LogP contribution in [0.1, 0.15) is 28.0 Å². The quantitative estimate of drug-likeness (QED) is 0.657. The van der Waals surface area contributed by atoms with Gasteiger partial charge in [0.05, 0.1) is 12.7 Å². The van der Waals surface area contributed by atoms with Crippen molar-refractivity contribution in [3.63, 3.8) is 0 Å². The van der Waals surface area contributed by atoms with Crippen molar-refractivity contribution in [3.8, 4) is 0 Å². The van der Waals surface area contributed by atoms with Gasteiger partial charge < -0.3 is 10.5 Å². The number of halogens is 3. The van der Waals surface area contributed by atoms with E-state index in [9.17, 15) is 13.6 Å². The second kappa shape index (κ2) is 5.18. The first-order valence-corrected chi connectivity index (χ1v) is 4.64. The smallest absolute Gasteiger partial charge is 0.338 e. The molecule has 1 heterocycles. The van der Waals surface area contributed by atoms with Gasteiger partial charge in [-0.1, -0.05) is 11.6 Å². The number of alkyl halides is 2. The molecule has 16 heavy (non-hydrogen) atoms. The van der Waals surface area contributed by atoms with Crippen LogP contribution in [0.15, 0.2) is 6.07 Å². The number of hydrogen-bond acceptors (Lipinski definition) is 4. The van der Waals surface area contributed by atoms with Crippen LogP contribution in [-0.4, -0.2) is 18.1 Å². The third-order valence-electron chi connectivity index (χ3n) is 1.94. The fraction of sp³-hybridized carbons (Fsp3) is 0.333. The van der Waals surface area contributed by atoms with Gasteiger partial charge in [-0.15, -0.1) is 0 Å². The van der Waals surface area contributed by atoms with Gasteiger partial charge in [0.2, 0.25) is 0 Å². The highest BCUT2D eigenvalue weighted by atomic mass is 35.5. The number of carbonyl (C=O) groups excluding carboxylic acids is 1. The average Bonchev–Trinajstić information content (AvgIpc) is 2.26. The zero-order valence-corrected chi connectivity index (χ0v) is 9.09. The second-order valence-electron chi connectivity index (χ2n) is 2.85. The molecule has 0 aliphatic rings. The standard InChI is InChI=1S/C9H9ClF2N2O2/c1-16-9(15)4-2-6(10)14-7(8(11)12)5(4)3-13/h2,8H,3,13H2,1H3. The minimum atomic E-state index is -2.85. The number of rotatable bonds is 3. The van der Waals surface area contributed by atoms with Gasteiger partial charge >= 0.3 is 5.97 Å². The first kappa shape index (κ1) is 12.8. The lowest BCUT2D eigenvalue weighted by molar-refractivity contribution is 0.0598. The maximum atomic E-state index is 12.6. The molecule has 0 saturated heterocycles. The van der Waals surface area contributed by atoms with Crippen molar-refractivity contribution in [1.82, 2.24) is 4.98 Å². The zero-order chi connectivity index (χ0) is 12.3. The van der Waals surface area contributed by atoms with Gasteiger partial charge in [0, 0.05) is 12.1 Å². The third-order valence-corrected chi connectivity index (χ3v) is 2.13. The molecule has 0 unspecified atom stereocenters. The molecule has 0 aliphatic carbocycles. The van der Waals surface area contributed by atoms with E-state index in [1.54, 1.807) is 0 Å². The lowest BCUT2D eigenvalue weighted by atomic mass is 10.1. The van der Waals surface area contributed by atoms with E-state index in [0.29, 0.717) is 0 Å². The fourth-order valence-electron chi connectivity index (χ4n) is 1.25. The second-order valence-corrected chi connectivity index (χ2v) is 3.24. The normalized spacial score (nSPS) is 10.6. The largest absolute Gasteiger partial charge is 0.465 e. The van der Waals surface area contributed by atoms with Gasteiger partial charge in [0.1, 0.15) is 10.8 Å². The van der Waals surface area contributed by atoms with Crippen LogP contribution in [0.3, 0.4) is 0 Å². The molecule has 1 rings (SSSR count). The molecular formula is C9H9ClF2N2O2. The highest BCUT2D eigenvalue weighted by Crippen LogP contribution is 2.26. The molecule has 0 radical (unpaired) electrons. The summed E-state index contributed by atoms with van der Waals surface area (Å²) in [7, 11) is 1.14. The van der Waals surface area contributed by atoms with Gasteiger partial charge in [-0.05, 0) is 6.07 Å². The van der Waals surface area contributed by atoms with E-state index in [0.717, 1.165) is 13.2 Å². The van der Waals surface area contributed by atoms with Gasteiger partial charge in [0.25, 0.3) is 6.43 Å². The van der Waals surface area contributed by atoms with Crippen molar-refractivity contribution >= 4 is 17.6 Å². The van der Waals surface area contributed by atoms with Crippen molar-refractivity contribution in [2.75, 3.05) is 7.11 Å². The molecule has 88 valence electrons. The summed E-state index contributed by atoms with van der Waals surface area (Å²) in [6, 6.07) is 1.15. The number of nitrogens with two attached hydrogens (primary N) is 1.